The summed E-state index contributed by atoms with van der Waals surface area (Å²) < 4.78 is 25.7. The number of benzene rings is 2. The third kappa shape index (κ3) is 4.69. The summed E-state index contributed by atoms with van der Waals surface area (Å²) in [5.41, 5.74) is 4.77. The summed E-state index contributed by atoms with van der Waals surface area (Å²) in [6.07, 6.45) is 2.78. The Morgan fingerprint density at radius 3 is 2.56 bits per heavy atom. The molecule has 1 aliphatic heterocycles. The van der Waals surface area contributed by atoms with Crippen LogP contribution >= 0.6 is 0 Å². The highest BCUT2D eigenvalue weighted by atomic mass is 32.2. The Bertz CT molecular complexity index is 938. The van der Waals surface area contributed by atoms with Crippen molar-refractivity contribution in [3.8, 4) is 0 Å². The van der Waals surface area contributed by atoms with Crippen molar-refractivity contribution in [2.45, 2.75) is 39.5 Å². The van der Waals surface area contributed by atoms with Gasteiger partial charge in [0.1, 0.15) is 0 Å². The maximum absolute atomic E-state index is 12.2. The van der Waals surface area contributed by atoms with E-state index in [4.69, 9.17) is 0 Å². The van der Waals surface area contributed by atoms with Gasteiger partial charge in [-0.15, -0.1) is 0 Å². The molecule has 27 heavy (non-hydrogen) atoms. The first-order chi connectivity index (χ1) is 12.9. The molecule has 0 saturated carbocycles. The smallest absolute Gasteiger partial charge is 0.235 e. The number of hydrogen-bond acceptors (Lipinski definition) is 3. The quantitative estimate of drug-likeness (QED) is 0.821. The second kappa shape index (κ2) is 8.13. The molecule has 144 valence electrons. The minimum Gasteiger partial charge on any atom is -0.326 e. The molecule has 0 unspecified atom stereocenters. The van der Waals surface area contributed by atoms with Crippen molar-refractivity contribution in [3.05, 3.63) is 59.2 Å². The maximum Gasteiger partial charge on any atom is 0.235 e. The first-order valence-corrected chi connectivity index (χ1v) is 10.9. The van der Waals surface area contributed by atoms with Crippen molar-refractivity contribution in [1.82, 2.24) is 0 Å². The van der Waals surface area contributed by atoms with Gasteiger partial charge in [0.05, 0.1) is 11.4 Å². The average Bonchev–Trinajstić information content (AvgIpc) is 2.96. The first-order valence-electron chi connectivity index (χ1n) is 9.32. The molecule has 0 bridgehead atoms. The fourth-order valence-corrected chi connectivity index (χ4v) is 5.10. The highest BCUT2D eigenvalue weighted by Gasteiger charge is 2.29. The fraction of sp³-hybridized carbons (Fsp3) is 0.381. The average molecular weight is 387 g/mol. The molecule has 1 fully saturated rings. The third-order valence-electron chi connectivity index (χ3n) is 4.96. The SMILES string of the molecule is Cc1ccccc1CCCC(=O)Nc1ccc(N2CCCS2(=O)=O)c(C)c1. The Morgan fingerprint density at radius 1 is 1.11 bits per heavy atom. The number of hydrogen-bond donors (Lipinski definition) is 1. The first kappa shape index (κ1) is 19.4. The standard InChI is InChI=1S/C21H26N2O3S/c1-16-7-3-4-8-18(16)9-5-10-21(24)22-19-11-12-20(17(2)15-19)23-13-6-14-27(23,25)26/h3-4,7-8,11-12,15H,5-6,9-10,13-14H2,1-2H3,(H,22,24). The maximum atomic E-state index is 12.2. The van der Waals surface area contributed by atoms with Gasteiger partial charge in [-0.25, -0.2) is 8.42 Å². The molecule has 0 atom stereocenters. The molecule has 1 N–H and O–H groups in total. The van der Waals surface area contributed by atoms with E-state index in [-0.39, 0.29) is 11.7 Å². The molecule has 0 aliphatic carbocycles. The number of amides is 1. The number of sulfonamides is 1. The number of nitrogens with zero attached hydrogens (tertiary/aromatic N) is 1. The minimum atomic E-state index is -3.19. The summed E-state index contributed by atoms with van der Waals surface area (Å²) in [5.74, 6) is 0.177. The van der Waals surface area contributed by atoms with Crippen molar-refractivity contribution in [2.24, 2.45) is 0 Å². The van der Waals surface area contributed by atoms with E-state index < -0.39 is 10.0 Å². The number of anilines is 2. The molecular weight excluding hydrogens is 360 g/mol. The number of aryl methyl sites for hydroxylation is 3. The predicted molar refractivity (Wildman–Crippen MR) is 110 cm³/mol. The molecule has 1 heterocycles. The zero-order chi connectivity index (χ0) is 19.4. The Balaban J connectivity index is 1.57. The van der Waals surface area contributed by atoms with Crippen molar-refractivity contribution >= 4 is 27.3 Å². The van der Waals surface area contributed by atoms with E-state index in [1.54, 1.807) is 12.1 Å². The van der Waals surface area contributed by atoms with Gasteiger partial charge in [-0.05, 0) is 68.0 Å². The lowest BCUT2D eigenvalue weighted by Gasteiger charge is -2.20. The van der Waals surface area contributed by atoms with Crippen LogP contribution in [0.1, 0.15) is 36.0 Å². The largest absolute Gasteiger partial charge is 0.326 e. The van der Waals surface area contributed by atoms with Crippen LogP contribution in [-0.2, 0) is 21.2 Å². The van der Waals surface area contributed by atoms with E-state index in [0.717, 1.165) is 18.4 Å². The van der Waals surface area contributed by atoms with Crippen LogP contribution in [0.25, 0.3) is 0 Å². The molecule has 1 saturated heterocycles. The van der Waals surface area contributed by atoms with Crippen molar-refractivity contribution in [2.75, 3.05) is 21.9 Å². The van der Waals surface area contributed by atoms with E-state index in [9.17, 15) is 13.2 Å². The zero-order valence-corrected chi connectivity index (χ0v) is 16.7. The second-order valence-corrected chi connectivity index (χ2v) is 9.08. The molecule has 0 spiro atoms. The lowest BCUT2D eigenvalue weighted by atomic mass is 10.0. The van der Waals surface area contributed by atoms with E-state index >= 15 is 0 Å². The van der Waals surface area contributed by atoms with E-state index in [1.807, 2.05) is 25.1 Å². The molecule has 5 nitrogen and oxygen atoms in total. The van der Waals surface area contributed by atoms with Crippen molar-refractivity contribution in [3.63, 3.8) is 0 Å². The third-order valence-corrected chi connectivity index (χ3v) is 6.82. The molecule has 2 aromatic rings. The van der Waals surface area contributed by atoms with Crippen molar-refractivity contribution < 1.29 is 13.2 Å². The van der Waals surface area contributed by atoms with Gasteiger partial charge in [0, 0.05) is 18.7 Å². The lowest BCUT2D eigenvalue weighted by Crippen LogP contribution is -2.25. The molecule has 3 rings (SSSR count). The molecule has 6 heteroatoms. The summed E-state index contributed by atoms with van der Waals surface area (Å²) in [6, 6.07) is 13.6. The molecule has 1 aliphatic rings. The number of carbonyl (C=O) groups excluding carboxylic acids is 1. The van der Waals surface area contributed by atoms with E-state index in [0.29, 0.717) is 30.8 Å². The molecular formula is C21H26N2O3S. The number of rotatable bonds is 6. The molecule has 0 radical (unpaired) electrons. The van der Waals surface area contributed by atoms with Crippen molar-refractivity contribution in [1.29, 1.82) is 0 Å². The monoisotopic (exact) mass is 386 g/mol. The van der Waals surface area contributed by atoms with E-state index in [1.165, 1.54) is 15.4 Å². The molecule has 2 aromatic carbocycles. The summed E-state index contributed by atoms with van der Waals surface area (Å²) >= 11 is 0. The van der Waals surface area contributed by atoms with Crippen LogP contribution in [0, 0.1) is 13.8 Å². The molecule has 1 amide bonds. The normalized spacial score (nSPS) is 15.7. The van der Waals surface area contributed by atoms with Gasteiger partial charge in [0.15, 0.2) is 0 Å². The van der Waals surface area contributed by atoms with Crippen LogP contribution in [0.5, 0.6) is 0 Å². The van der Waals surface area contributed by atoms with Gasteiger partial charge in [-0.1, -0.05) is 24.3 Å². The fourth-order valence-electron chi connectivity index (χ4n) is 3.48. The second-order valence-electron chi connectivity index (χ2n) is 7.07. The van der Waals surface area contributed by atoms with E-state index in [2.05, 4.69) is 24.4 Å². The van der Waals surface area contributed by atoms with Crippen LogP contribution in [0.4, 0.5) is 11.4 Å². The minimum absolute atomic E-state index is 0.0236. The van der Waals surface area contributed by atoms with Gasteiger partial charge in [0.2, 0.25) is 15.9 Å². The summed E-state index contributed by atoms with van der Waals surface area (Å²) in [4.78, 5) is 12.2. The van der Waals surface area contributed by atoms with Crippen LogP contribution in [0.15, 0.2) is 42.5 Å². The van der Waals surface area contributed by atoms with Crippen LogP contribution < -0.4 is 9.62 Å². The van der Waals surface area contributed by atoms with Gasteiger partial charge in [-0.2, -0.15) is 0 Å². The van der Waals surface area contributed by atoms with Gasteiger partial charge >= 0.3 is 0 Å². The summed E-state index contributed by atoms with van der Waals surface area (Å²) in [7, 11) is -3.19. The Labute approximate surface area is 161 Å². The predicted octanol–water partition coefficient (Wildman–Crippen LogP) is 3.80. The number of nitrogens with one attached hydrogen (secondary N) is 1. The highest BCUT2D eigenvalue weighted by molar-refractivity contribution is 7.93. The van der Waals surface area contributed by atoms with Crippen LogP contribution in [0.2, 0.25) is 0 Å². The summed E-state index contributed by atoms with van der Waals surface area (Å²) in [5, 5.41) is 2.92. The van der Waals surface area contributed by atoms with Gasteiger partial charge in [-0.3, -0.25) is 9.10 Å². The van der Waals surface area contributed by atoms with Crippen LogP contribution in [-0.4, -0.2) is 26.6 Å². The lowest BCUT2D eigenvalue weighted by molar-refractivity contribution is -0.116. The van der Waals surface area contributed by atoms with Gasteiger partial charge in [0.25, 0.3) is 0 Å². The number of carbonyl (C=O) groups is 1. The Kier molecular flexibility index (Phi) is 5.85. The Hall–Kier alpha value is -2.34. The zero-order valence-electron chi connectivity index (χ0n) is 15.9. The van der Waals surface area contributed by atoms with Crippen LogP contribution in [0.3, 0.4) is 0 Å². The molecule has 0 aromatic heterocycles. The highest BCUT2D eigenvalue weighted by Crippen LogP contribution is 2.29. The Morgan fingerprint density at radius 2 is 1.89 bits per heavy atom. The van der Waals surface area contributed by atoms with Gasteiger partial charge < -0.3 is 5.32 Å². The topological polar surface area (TPSA) is 66.5 Å². The summed E-state index contributed by atoms with van der Waals surface area (Å²) in [6.45, 7) is 4.48.